The van der Waals surface area contributed by atoms with E-state index >= 15 is 0 Å². The summed E-state index contributed by atoms with van der Waals surface area (Å²) in [5, 5.41) is 14.2. The summed E-state index contributed by atoms with van der Waals surface area (Å²) < 4.78 is 13.8. The summed E-state index contributed by atoms with van der Waals surface area (Å²) in [6.45, 7) is 3.50. The predicted octanol–water partition coefficient (Wildman–Crippen LogP) is 3.37. The number of nitrogens with one attached hydrogen (secondary N) is 2. The minimum Gasteiger partial charge on any atom is -0.480 e. The molecule has 2 aromatic carbocycles. The van der Waals surface area contributed by atoms with Gasteiger partial charge in [-0.2, -0.15) is 0 Å². The smallest absolute Gasteiger partial charge is 0.326 e. The third kappa shape index (κ3) is 4.91. The number of rotatable bonds is 7. The number of carbonyl (C=O) groups is 3. The van der Waals surface area contributed by atoms with E-state index in [4.69, 9.17) is 0 Å². The molecular weight excluding hydrogens is 351 g/mol. The van der Waals surface area contributed by atoms with Crippen LogP contribution in [0.4, 0.5) is 10.1 Å². The van der Waals surface area contributed by atoms with E-state index < -0.39 is 29.6 Å². The van der Waals surface area contributed by atoms with E-state index in [2.05, 4.69) is 10.6 Å². The maximum absolute atomic E-state index is 13.8. The summed E-state index contributed by atoms with van der Waals surface area (Å²) in [5.74, 6) is -3.12. The number of carboxylic acids is 1. The zero-order chi connectivity index (χ0) is 20.0. The molecule has 2 aromatic rings. The number of carbonyl (C=O) groups excluding carboxylic acids is 2. The maximum atomic E-state index is 13.8. The minimum absolute atomic E-state index is 0.113. The number of aryl methyl sites for hydroxylation is 1. The zero-order valence-electron chi connectivity index (χ0n) is 15.1. The van der Waals surface area contributed by atoms with Gasteiger partial charge in [0, 0.05) is 0 Å². The molecule has 0 saturated heterocycles. The van der Waals surface area contributed by atoms with Crippen molar-refractivity contribution in [1.82, 2.24) is 5.32 Å². The number of benzene rings is 2. The number of hydrogen-bond donors (Lipinski definition) is 3. The van der Waals surface area contributed by atoms with E-state index in [0.717, 1.165) is 0 Å². The van der Waals surface area contributed by atoms with Crippen LogP contribution in [0.1, 0.15) is 46.0 Å². The minimum atomic E-state index is -1.13. The lowest BCUT2D eigenvalue weighted by Crippen LogP contribution is -2.41. The Morgan fingerprint density at radius 3 is 2.33 bits per heavy atom. The van der Waals surface area contributed by atoms with Gasteiger partial charge in [0.25, 0.3) is 11.8 Å². The van der Waals surface area contributed by atoms with Crippen molar-refractivity contribution in [3.05, 3.63) is 65.0 Å². The number of carboxylic acid groups (broad SMARTS) is 1. The van der Waals surface area contributed by atoms with Crippen LogP contribution in [-0.2, 0) is 4.79 Å². The third-order valence-corrected chi connectivity index (χ3v) is 4.06. The first-order valence-electron chi connectivity index (χ1n) is 8.54. The summed E-state index contributed by atoms with van der Waals surface area (Å²) in [6, 6.07) is 9.27. The standard InChI is InChI=1S/C20H21FN2O4/c1-3-7-16(20(26)27)22-19(25)14-10-6-8-12(2)17(14)23-18(24)13-9-4-5-11-15(13)21/h4-6,8-11,16H,3,7H2,1-2H3,(H,22,25)(H,23,24)(H,26,27). The van der Waals surface area contributed by atoms with Crippen molar-refractivity contribution in [3.8, 4) is 0 Å². The molecule has 0 radical (unpaired) electrons. The Bertz CT molecular complexity index is 867. The molecule has 0 fully saturated rings. The molecule has 0 aliphatic carbocycles. The van der Waals surface area contributed by atoms with Crippen LogP contribution in [-0.4, -0.2) is 28.9 Å². The Labute approximate surface area is 156 Å². The molecule has 0 bridgehead atoms. The zero-order valence-corrected chi connectivity index (χ0v) is 15.1. The quantitative estimate of drug-likeness (QED) is 0.694. The van der Waals surface area contributed by atoms with E-state index in [1.54, 1.807) is 19.1 Å². The van der Waals surface area contributed by atoms with Crippen molar-refractivity contribution in [2.24, 2.45) is 0 Å². The lowest BCUT2D eigenvalue weighted by atomic mass is 10.1. The lowest BCUT2D eigenvalue weighted by molar-refractivity contribution is -0.139. The molecule has 27 heavy (non-hydrogen) atoms. The van der Waals surface area contributed by atoms with Crippen LogP contribution >= 0.6 is 0 Å². The molecule has 0 spiro atoms. The highest BCUT2D eigenvalue weighted by atomic mass is 19.1. The van der Waals surface area contributed by atoms with Gasteiger partial charge in [0.05, 0.1) is 16.8 Å². The van der Waals surface area contributed by atoms with Crippen LogP contribution < -0.4 is 10.6 Å². The summed E-state index contributed by atoms with van der Waals surface area (Å²) in [7, 11) is 0. The molecule has 0 aliphatic rings. The number of aliphatic carboxylic acids is 1. The van der Waals surface area contributed by atoms with Crippen molar-refractivity contribution in [2.75, 3.05) is 5.32 Å². The van der Waals surface area contributed by atoms with Crippen molar-refractivity contribution < 1.29 is 23.9 Å². The van der Waals surface area contributed by atoms with Crippen LogP contribution in [0.3, 0.4) is 0 Å². The van der Waals surface area contributed by atoms with Gasteiger partial charge in [-0.1, -0.05) is 37.6 Å². The van der Waals surface area contributed by atoms with Gasteiger partial charge in [0.1, 0.15) is 11.9 Å². The van der Waals surface area contributed by atoms with Gasteiger partial charge in [0.2, 0.25) is 0 Å². The van der Waals surface area contributed by atoms with Crippen LogP contribution in [0, 0.1) is 12.7 Å². The van der Waals surface area contributed by atoms with Crippen molar-refractivity contribution in [1.29, 1.82) is 0 Å². The highest BCUT2D eigenvalue weighted by Gasteiger charge is 2.23. The molecule has 1 unspecified atom stereocenters. The van der Waals surface area contributed by atoms with Gasteiger partial charge in [0.15, 0.2) is 0 Å². The van der Waals surface area contributed by atoms with E-state index in [-0.39, 0.29) is 23.2 Å². The van der Waals surface area contributed by atoms with Crippen LogP contribution in [0.15, 0.2) is 42.5 Å². The van der Waals surface area contributed by atoms with Crippen LogP contribution in [0.25, 0.3) is 0 Å². The molecule has 0 aliphatic heterocycles. The van der Waals surface area contributed by atoms with Crippen LogP contribution in [0.5, 0.6) is 0 Å². The number of amides is 2. The average molecular weight is 372 g/mol. The van der Waals surface area contributed by atoms with Crippen molar-refractivity contribution in [3.63, 3.8) is 0 Å². The van der Waals surface area contributed by atoms with Crippen molar-refractivity contribution >= 4 is 23.5 Å². The lowest BCUT2D eigenvalue weighted by Gasteiger charge is -2.17. The molecule has 142 valence electrons. The topological polar surface area (TPSA) is 95.5 Å². The largest absolute Gasteiger partial charge is 0.480 e. The fourth-order valence-corrected chi connectivity index (χ4v) is 2.63. The summed E-state index contributed by atoms with van der Waals surface area (Å²) in [5.41, 5.74) is 0.766. The monoisotopic (exact) mass is 372 g/mol. The summed E-state index contributed by atoms with van der Waals surface area (Å²) in [6.07, 6.45) is 0.867. The Morgan fingerprint density at radius 1 is 1.04 bits per heavy atom. The SMILES string of the molecule is CCCC(NC(=O)c1cccc(C)c1NC(=O)c1ccccc1F)C(=O)O. The van der Waals surface area contributed by atoms with Gasteiger partial charge < -0.3 is 15.7 Å². The van der Waals surface area contributed by atoms with Gasteiger partial charge in [-0.25, -0.2) is 9.18 Å². The Morgan fingerprint density at radius 2 is 1.70 bits per heavy atom. The molecule has 2 rings (SSSR count). The van der Waals surface area contributed by atoms with E-state index in [0.29, 0.717) is 12.0 Å². The first-order chi connectivity index (χ1) is 12.8. The molecule has 0 heterocycles. The normalized spacial score (nSPS) is 11.5. The molecule has 7 heteroatoms. The van der Waals surface area contributed by atoms with E-state index in [1.165, 1.54) is 30.3 Å². The molecular formula is C20H21FN2O4. The number of para-hydroxylation sites is 1. The average Bonchev–Trinajstić information content (AvgIpc) is 2.63. The number of halogens is 1. The van der Waals surface area contributed by atoms with E-state index in [9.17, 15) is 23.9 Å². The predicted molar refractivity (Wildman–Crippen MR) is 99.3 cm³/mol. The van der Waals surface area contributed by atoms with E-state index in [1.807, 2.05) is 6.92 Å². The van der Waals surface area contributed by atoms with Gasteiger partial charge in [-0.05, 0) is 37.1 Å². The molecule has 1 atom stereocenters. The Balaban J connectivity index is 2.30. The first kappa shape index (κ1) is 20.1. The molecule has 2 amide bonds. The molecule has 6 nitrogen and oxygen atoms in total. The summed E-state index contributed by atoms with van der Waals surface area (Å²) >= 11 is 0. The fraction of sp³-hybridized carbons (Fsp3) is 0.250. The second kappa shape index (κ2) is 8.93. The molecule has 0 saturated carbocycles. The fourth-order valence-electron chi connectivity index (χ4n) is 2.63. The summed E-state index contributed by atoms with van der Waals surface area (Å²) in [4.78, 5) is 36.3. The van der Waals surface area contributed by atoms with Gasteiger partial charge in [-0.3, -0.25) is 9.59 Å². The highest BCUT2D eigenvalue weighted by molar-refractivity contribution is 6.10. The molecule has 0 aromatic heterocycles. The first-order valence-corrected chi connectivity index (χ1v) is 8.54. The third-order valence-electron chi connectivity index (χ3n) is 4.06. The van der Waals surface area contributed by atoms with Crippen molar-refractivity contribution in [2.45, 2.75) is 32.7 Å². The maximum Gasteiger partial charge on any atom is 0.326 e. The van der Waals surface area contributed by atoms with Crippen LogP contribution in [0.2, 0.25) is 0 Å². The second-order valence-corrected chi connectivity index (χ2v) is 6.08. The molecule has 3 N–H and O–H groups in total. The highest BCUT2D eigenvalue weighted by Crippen LogP contribution is 2.22. The Hall–Kier alpha value is -3.22. The Kier molecular flexibility index (Phi) is 6.65. The number of anilines is 1. The van der Waals surface area contributed by atoms with Gasteiger partial charge >= 0.3 is 5.97 Å². The number of hydrogen-bond acceptors (Lipinski definition) is 3. The second-order valence-electron chi connectivity index (χ2n) is 6.08. The van der Waals surface area contributed by atoms with Gasteiger partial charge in [-0.15, -0.1) is 0 Å².